The van der Waals surface area contributed by atoms with Crippen molar-refractivity contribution in [1.29, 1.82) is 0 Å². The van der Waals surface area contributed by atoms with Gasteiger partial charge in [0.1, 0.15) is 0 Å². The maximum atomic E-state index is 10.0. The summed E-state index contributed by atoms with van der Waals surface area (Å²) in [7, 11) is 0. The molecular weight excluding hydrogens is 180 g/mol. The molecule has 0 spiro atoms. The second kappa shape index (κ2) is 3.21. The molecule has 4 heteroatoms. The zero-order chi connectivity index (χ0) is 11.1. The number of oxime groups is 1. The molecule has 14 heavy (non-hydrogen) atoms. The van der Waals surface area contributed by atoms with Crippen molar-refractivity contribution >= 4 is 5.71 Å². The van der Waals surface area contributed by atoms with Crippen LogP contribution in [0.5, 0.6) is 0 Å². The SMILES string of the molecule is CC1/C(=N/O)CC(C)(C)N(O)C1(C)C. The lowest BCUT2D eigenvalue weighted by atomic mass is 9.73. The molecular formula is C10H20N2O2. The third-order valence-corrected chi connectivity index (χ3v) is 3.42. The number of rotatable bonds is 0. The molecule has 1 aliphatic rings. The molecule has 0 aromatic rings. The molecule has 0 bridgehead atoms. The molecule has 1 unspecified atom stereocenters. The van der Waals surface area contributed by atoms with Crippen LogP contribution in [0.15, 0.2) is 5.16 Å². The van der Waals surface area contributed by atoms with Crippen molar-refractivity contribution in [3.8, 4) is 0 Å². The Labute approximate surface area is 85.2 Å². The first-order chi connectivity index (χ1) is 6.23. The zero-order valence-corrected chi connectivity index (χ0v) is 9.57. The van der Waals surface area contributed by atoms with Gasteiger partial charge in [0.05, 0.1) is 5.71 Å². The molecule has 0 radical (unpaired) electrons. The molecule has 0 aliphatic carbocycles. The van der Waals surface area contributed by atoms with Crippen molar-refractivity contribution in [2.45, 2.75) is 52.1 Å². The Balaban J connectivity index is 3.09. The molecule has 2 N–H and O–H groups in total. The van der Waals surface area contributed by atoms with E-state index >= 15 is 0 Å². The third-order valence-electron chi connectivity index (χ3n) is 3.42. The summed E-state index contributed by atoms with van der Waals surface area (Å²) in [5, 5.41) is 23.7. The number of hydroxylamine groups is 2. The first-order valence-corrected chi connectivity index (χ1v) is 4.93. The maximum Gasteiger partial charge on any atom is 0.0637 e. The number of nitrogens with zero attached hydrogens (tertiary/aromatic N) is 2. The predicted molar refractivity (Wildman–Crippen MR) is 54.8 cm³/mol. The Morgan fingerprint density at radius 1 is 1.36 bits per heavy atom. The summed E-state index contributed by atoms with van der Waals surface area (Å²) in [6.45, 7) is 9.73. The van der Waals surface area contributed by atoms with Crippen LogP contribution in [0.1, 0.15) is 41.0 Å². The topological polar surface area (TPSA) is 56.1 Å². The highest BCUT2D eigenvalue weighted by atomic mass is 16.5. The molecule has 82 valence electrons. The zero-order valence-electron chi connectivity index (χ0n) is 9.57. The first-order valence-electron chi connectivity index (χ1n) is 4.93. The average Bonchev–Trinajstić information content (AvgIpc) is 2.09. The van der Waals surface area contributed by atoms with E-state index in [1.807, 2.05) is 34.6 Å². The summed E-state index contributed by atoms with van der Waals surface area (Å²) < 4.78 is 0. The van der Waals surface area contributed by atoms with Crippen LogP contribution in [0.2, 0.25) is 0 Å². The van der Waals surface area contributed by atoms with E-state index in [4.69, 9.17) is 5.21 Å². The minimum Gasteiger partial charge on any atom is -0.411 e. The van der Waals surface area contributed by atoms with Crippen molar-refractivity contribution < 1.29 is 10.4 Å². The molecule has 0 amide bonds. The van der Waals surface area contributed by atoms with Crippen LogP contribution in [0, 0.1) is 5.92 Å². The quantitative estimate of drug-likeness (QED) is 0.465. The second-order valence-corrected chi connectivity index (χ2v) is 5.27. The van der Waals surface area contributed by atoms with Gasteiger partial charge >= 0.3 is 0 Å². The van der Waals surface area contributed by atoms with Gasteiger partial charge < -0.3 is 10.4 Å². The summed E-state index contributed by atoms with van der Waals surface area (Å²) in [4.78, 5) is 0. The van der Waals surface area contributed by atoms with Crippen LogP contribution < -0.4 is 0 Å². The fraction of sp³-hybridized carbons (Fsp3) is 0.900. The van der Waals surface area contributed by atoms with Crippen molar-refractivity contribution in [2.24, 2.45) is 11.1 Å². The normalized spacial score (nSPS) is 34.7. The van der Waals surface area contributed by atoms with Crippen LogP contribution in [0.25, 0.3) is 0 Å². The first kappa shape index (κ1) is 11.5. The Hall–Kier alpha value is -0.610. The molecule has 4 nitrogen and oxygen atoms in total. The minimum absolute atomic E-state index is 0.0468. The van der Waals surface area contributed by atoms with Gasteiger partial charge in [-0.3, -0.25) is 0 Å². The van der Waals surface area contributed by atoms with Crippen LogP contribution in [-0.4, -0.2) is 32.3 Å². The Morgan fingerprint density at radius 3 is 2.29 bits per heavy atom. The van der Waals surface area contributed by atoms with E-state index in [9.17, 15) is 5.21 Å². The van der Waals surface area contributed by atoms with E-state index in [1.54, 1.807) is 0 Å². The van der Waals surface area contributed by atoms with Gasteiger partial charge in [-0.1, -0.05) is 12.1 Å². The third kappa shape index (κ3) is 1.53. The van der Waals surface area contributed by atoms with Crippen molar-refractivity contribution in [3.05, 3.63) is 0 Å². The van der Waals surface area contributed by atoms with Gasteiger partial charge in [0.2, 0.25) is 0 Å². The van der Waals surface area contributed by atoms with E-state index in [1.165, 1.54) is 5.06 Å². The summed E-state index contributed by atoms with van der Waals surface area (Å²) in [5.74, 6) is 0.0468. The molecule has 1 saturated heterocycles. The van der Waals surface area contributed by atoms with Crippen LogP contribution in [0.4, 0.5) is 0 Å². The summed E-state index contributed by atoms with van der Waals surface area (Å²) in [6.07, 6.45) is 0.588. The van der Waals surface area contributed by atoms with Gasteiger partial charge in [-0.25, -0.2) is 0 Å². The summed E-state index contributed by atoms with van der Waals surface area (Å²) >= 11 is 0. The molecule has 0 saturated carbocycles. The smallest absolute Gasteiger partial charge is 0.0637 e. The van der Waals surface area contributed by atoms with Crippen molar-refractivity contribution in [3.63, 3.8) is 0 Å². The predicted octanol–water partition coefficient (Wildman–Crippen LogP) is 2.10. The van der Waals surface area contributed by atoms with Gasteiger partial charge in [-0.05, 0) is 27.7 Å². The maximum absolute atomic E-state index is 10.0. The second-order valence-electron chi connectivity index (χ2n) is 5.27. The van der Waals surface area contributed by atoms with E-state index in [0.29, 0.717) is 6.42 Å². The Morgan fingerprint density at radius 2 is 1.86 bits per heavy atom. The summed E-state index contributed by atoms with van der Waals surface area (Å²) in [5.41, 5.74) is -0.0220. The minimum atomic E-state index is -0.399. The lowest BCUT2D eigenvalue weighted by molar-refractivity contribution is -0.237. The Bertz CT molecular complexity index is 259. The van der Waals surface area contributed by atoms with Gasteiger partial charge in [0.15, 0.2) is 0 Å². The lowest BCUT2D eigenvalue weighted by Crippen LogP contribution is -2.63. The summed E-state index contributed by atoms with van der Waals surface area (Å²) in [6, 6.07) is 0. The van der Waals surface area contributed by atoms with Gasteiger partial charge in [0, 0.05) is 23.4 Å². The highest BCUT2D eigenvalue weighted by Crippen LogP contribution is 2.38. The molecule has 1 rings (SSSR count). The van der Waals surface area contributed by atoms with Crippen LogP contribution >= 0.6 is 0 Å². The molecule has 1 fully saturated rings. The van der Waals surface area contributed by atoms with E-state index in [2.05, 4.69) is 5.16 Å². The van der Waals surface area contributed by atoms with Crippen LogP contribution in [0.3, 0.4) is 0 Å². The largest absolute Gasteiger partial charge is 0.411 e. The Kier molecular flexibility index (Phi) is 2.63. The lowest BCUT2D eigenvalue weighted by Gasteiger charge is -2.51. The number of hydrogen-bond acceptors (Lipinski definition) is 4. The van der Waals surface area contributed by atoms with E-state index < -0.39 is 5.54 Å². The van der Waals surface area contributed by atoms with Crippen molar-refractivity contribution in [2.75, 3.05) is 0 Å². The highest BCUT2D eigenvalue weighted by molar-refractivity contribution is 5.88. The van der Waals surface area contributed by atoms with Gasteiger partial charge in [-0.2, -0.15) is 5.06 Å². The van der Waals surface area contributed by atoms with E-state index in [0.717, 1.165) is 5.71 Å². The highest BCUT2D eigenvalue weighted by Gasteiger charge is 2.48. The fourth-order valence-electron chi connectivity index (χ4n) is 2.16. The number of hydrogen-bond donors (Lipinski definition) is 2. The van der Waals surface area contributed by atoms with Crippen LogP contribution in [-0.2, 0) is 0 Å². The average molecular weight is 200 g/mol. The van der Waals surface area contributed by atoms with Crippen molar-refractivity contribution in [1.82, 2.24) is 5.06 Å². The van der Waals surface area contributed by atoms with Gasteiger partial charge in [0.25, 0.3) is 0 Å². The molecule has 1 heterocycles. The van der Waals surface area contributed by atoms with Gasteiger partial charge in [-0.15, -0.1) is 0 Å². The molecule has 1 aliphatic heterocycles. The molecule has 1 atom stereocenters. The molecule has 0 aromatic carbocycles. The van der Waals surface area contributed by atoms with E-state index in [-0.39, 0.29) is 11.5 Å². The standard InChI is InChI=1S/C10H20N2O2/c1-7-8(11-13)6-9(2,3)12(14)10(7,4)5/h7,13-14H,6H2,1-5H3/b11-8+. The monoisotopic (exact) mass is 200 g/mol. The molecule has 0 aromatic heterocycles. The fourth-order valence-corrected chi connectivity index (χ4v) is 2.16. The number of piperidine rings is 1.